The molecule has 3 aromatic rings. The van der Waals surface area contributed by atoms with E-state index in [1.807, 2.05) is 107 Å². The summed E-state index contributed by atoms with van der Waals surface area (Å²) >= 11 is 0. The topological polar surface area (TPSA) is 95.7 Å². The number of benzene rings is 3. The number of carbonyl (C=O) groups excluding carboxylic acids is 3. The average molecular weight is 527 g/mol. The molecule has 3 N–H and O–H groups in total. The summed E-state index contributed by atoms with van der Waals surface area (Å²) in [6.45, 7) is 7.82. The van der Waals surface area contributed by atoms with Gasteiger partial charge in [-0.3, -0.25) is 19.9 Å². The minimum Gasteiger partial charge on any atom is -0.351 e. The lowest BCUT2D eigenvalue weighted by Gasteiger charge is -2.36. The van der Waals surface area contributed by atoms with Gasteiger partial charge in [0.2, 0.25) is 5.91 Å². The van der Waals surface area contributed by atoms with Gasteiger partial charge >= 0.3 is 6.03 Å². The zero-order valence-electron chi connectivity index (χ0n) is 23.1. The Morgan fingerprint density at radius 1 is 0.897 bits per heavy atom. The molecule has 4 amide bonds. The highest BCUT2D eigenvalue weighted by Gasteiger charge is 2.43. The second-order valence-electron chi connectivity index (χ2n) is 11.5. The predicted octanol–water partition coefficient (Wildman–Crippen LogP) is 5.86. The van der Waals surface area contributed by atoms with Crippen LogP contribution >= 0.6 is 0 Å². The van der Waals surface area contributed by atoms with Crippen LogP contribution in [0.3, 0.4) is 0 Å². The van der Waals surface area contributed by atoms with Gasteiger partial charge in [0, 0.05) is 12.1 Å². The first kappa shape index (κ1) is 27.9. The van der Waals surface area contributed by atoms with Crippen molar-refractivity contribution in [2.45, 2.75) is 65.0 Å². The van der Waals surface area contributed by atoms with Crippen LogP contribution in [0.4, 0.5) is 10.5 Å². The van der Waals surface area contributed by atoms with E-state index in [0.717, 1.165) is 16.7 Å². The molecule has 1 aliphatic rings. The van der Waals surface area contributed by atoms with Gasteiger partial charge in [0.25, 0.3) is 5.91 Å². The summed E-state index contributed by atoms with van der Waals surface area (Å²) in [7, 11) is 0. The molecule has 7 heteroatoms. The van der Waals surface area contributed by atoms with Gasteiger partial charge in [-0.2, -0.15) is 0 Å². The van der Waals surface area contributed by atoms with Crippen molar-refractivity contribution in [3.63, 3.8) is 0 Å². The zero-order chi connectivity index (χ0) is 28.2. The summed E-state index contributed by atoms with van der Waals surface area (Å²) in [6.07, 6.45) is 1.16. The number of primary amides is 1. The third kappa shape index (κ3) is 6.66. The van der Waals surface area contributed by atoms with Crippen LogP contribution in [0.15, 0.2) is 84.9 Å². The molecule has 0 spiro atoms. The van der Waals surface area contributed by atoms with E-state index in [0.29, 0.717) is 18.5 Å². The fourth-order valence-electron chi connectivity index (χ4n) is 5.39. The van der Waals surface area contributed by atoms with Gasteiger partial charge < -0.3 is 5.73 Å². The van der Waals surface area contributed by atoms with Gasteiger partial charge in [-0.05, 0) is 53.9 Å². The average Bonchev–Trinajstić information content (AvgIpc) is 3.02. The third-order valence-electron chi connectivity index (χ3n) is 7.17. The van der Waals surface area contributed by atoms with Gasteiger partial charge in [-0.1, -0.05) is 99.6 Å². The molecule has 39 heavy (non-hydrogen) atoms. The van der Waals surface area contributed by atoms with Gasteiger partial charge in [0.05, 0.1) is 6.04 Å². The number of nitrogens with one attached hydrogen (secondary N) is 1. The fraction of sp³-hybridized carbons (Fsp3) is 0.344. The summed E-state index contributed by atoms with van der Waals surface area (Å²) < 4.78 is 0. The molecule has 3 aromatic carbocycles. The number of hydrazine groups is 1. The van der Waals surface area contributed by atoms with Crippen molar-refractivity contribution >= 4 is 23.5 Å². The van der Waals surface area contributed by atoms with Crippen LogP contribution in [-0.2, 0) is 9.59 Å². The maximum Gasteiger partial charge on any atom is 0.320 e. The van der Waals surface area contributed by atoms with Gasteiger partial charge in [0.15, 0.2) is 0 Å². The lowest BCUT2D eigenvalue weighted by Crippen LogP contribution is -2.57. The number of anilines is 1. The first-order valence-corrected chi connectivity index (χ1v) is 13.4. The Bertz CT molecular complexity index is 1300. The molecular weight excluding hydrogens is 488 g/mol. The number of nitrogens with zero attached hydrogens (tertiary/aromatic N) is 2. The van der Waals surface area contributed by atoms with Crippen molar-refractivity contribution in [3.8, 4) is 0 Å². The van der Waals surface area contributed by atoms with Crippen molar-refractivity contribution in [2.24, 2.45) is 11.1 Å². The number of hydrogen-bond acceptors (Lipinski definition) is 3. The van der Waals surface area contributed by atoms with Gasteiger partial charge in [-0.15, -0.1) is 0 Å². The monoisotopic (exact) mass is 526 g/mol. The number of amides is 4. The van der Waals surface area contributed by atoms with E-state index >= 15 is 0 Å². The second-order valence-corrected chi connectivity index (χ2v) is 11.5. The van der Waals surface area contributed by atoms with E-state index in [4.69, 9.17) is 5.73 Å². The minimum atomic E-state index is -0.919. The van der Waals surface area contributed by atoms with Crippen molar-refractivity contribution in [1.29, 1.82) is 0 Å². The number of carbonyl (C=O) groups is 3. The Labute approximate surface area is 231 Å². The van der Waals surface area contributed by atoms with Crippen LogP contribution < -0.4 is 16.1 Å². The molecule has 4 rings (SSSR count). The molecule has 204 valence electrons. The van der Waals surface area contributed by atoms with Gasteiger partial charge in [-0.25, -0.2) is 9.80 Å². The van der Waals surface area contributed by atoms with Crippen LogP contribution in [0.5, 0.6) is 0 Å². The minimum absolute atomic E-state index is 0.0826. The summed E-state index contributed by atoms with van der Waals surface area (Å²) in [6, 6.07) is 25.0. The summed E-state index contributed by atoms with van der Waals surface area (Å²) in [4.78, 5) is 42.1. The number of hydrogen-bond donors (Lipinski definition) is 2. The first-order chi connectivity index (χ1) is 18.5. The van der Waals surface area contributed by atoms with Crippen molar-refractivity contribution in [3.05, 3.63) is 102 Å². The first-order valence-electron chi connectivity index (χ1n) is 13.4. The maximum atomic E-state index is 14.5. The Morgan fingerprint density at radius 2 is 1.46 bits per heavy atom. The number of para-hydroxylation sites is 1. The number of nitrogens with two attached hydrogens (primary N) is 1. The molecule has 3 unspecified atom stereocenters. The molecule has 1 fully saturated rings. The van der Waals surface area contributed by atoms with Gasteiger partial charge in [0.1, 0.15) is 6.04 Å². The van der Waals surface area contributed by atoms with Crippen LogP contribution in [0.1, 0.15) is 68.7 Å². The molecular formula is C32H38N4O3. The highest BCUT2D eigenvalue weighted by molar-refractivity contribution is 6.00. The number of urea groups is 1. The van der Waals surface area contributed by atoms with Crippen molar-refractivity contribution < 1.29 is 14.4 Å². The molecule has 3 atom stereocenters. The van der Waals surface area contributed by atoms with Crippen LogP contribution in [0.25, 0.3) is 0 Å². The van der Waals surface area contributed by atoms with Crippen LogP contribution in [0, 0.1) is 12.3 Å². The summed E-state index contributed by atoms with van der Waals surface area (Å²) in [5.74, 6) is -0.706. The maximum absolute atomic E-state index is 14.5. The van der Waals surface area contributed by atoms with Crippen LogP contribution in [0.2, 0.25) is 0 Å². The second kappa shape index (κ2) is 11.7. The zero-order valence-corrected chi connectivity index (χ0v) is 23.1. The van der Waals surface area contributed by atoms with Crippen LogP contribution in [-0.4, -0.2) is 28.9 Å². The molecule has 0 aliphatic carbocycles. The molecule has 0 radical (unpaired) electrons. The van der Waals surface area contributed by atoms with Crippen molar-refractivity contribution in [1.82, 2.24) is 10.4 Å². The van der Waals surface area contributed by atoms with E-state index in [-0.39, 0.29) is 29.6 Å². The summed E-state index contributed by atoms with van der Waals surface area (Å²) in [5.41, 5.74) is 12.0. The fourth-order valence-corrected chi connectivity index (χ4v) is 5.39. The highest BCUT2D eigenvalue weighted by Crippen LogP contribution is 2.40. The molecule has 0 aromatic heterocycles. The molecule has 7 nitrogen and oxygen atoms in total. The molecule has 0 saturated carbocycles. The summed E-state index contributed by atoms with van der Waals surface area (Å²) in [5, 5.41) is 1.45. The quantitative estimate of drug-likeness (QED) is 0.421. The van der Waals surface area contributed by atoms with E-state index < -0.39 is 18.1 Å². The Morgan fingerprint density at radius 3 is 2.03 bits per heavy atom. The smallest absolute Gasteiger partial charge is 0.320 e. The Kier molecular flexibility index (Phi) is 8.38. The predicted molar refractivity (Wildman–Crippen MR) is 154 cm³/mol. The largest absolute Gasteiger partial charge is 0.351 e. The van der Waals surface area contributed by atoms with E-state index in [9.17, 15) is 14.4 Å². The third-order valence-corrected chi connectivity index (χ3v) is 7.17. The lowest BCUT2D eigenvalue weighted by molar-refractivity contribution is -0.145. The standard InChI is InChI=1S/C32H38N4O3/c1-22-13-11-12-18-26(22)35(31(33)39)28-20-25(23-14-7-5-8-15-23)19-27(24-16-9-6-10-17-24)36(30(28)38)34-29(37)21-32(2,3)4/h5-18,25,27-28H,19-21H2,1-4H3,(H2,33,39)(H,34,37). The normalized spacial score (nSPS) is 19.7. The number of aryl methyl sites for hydroxylation is 1. The van der Waals surface area contributed by atoms with Crippen molar-refractivity contribution in [2.75, 3.05) is 4.90 Å². The Hall–Kier alpha value is -4.13. The Balaban J connectivity index is 1.86. The highest BCUT2D eigenvalue weighted by atomic mass is 16.2. The number of rotatable bonds is 6. The molecule has 1 heterocycles. The molecule has 0 bridgehead atoms. The molecule has 1 saturated heterocycles. The van der Waals surface area contributed by atoms with E-state index in [1.54, 1.807) is 6.07 Å². The van der Waals surface area contributed by atoms with E-state index in [1.165, 1.54) is 9.91 Å². The lowest BCUT2D eigenvalue weighted by atomic mass is 9.86. The molecule has 1 aliphatic heterocycles. The SMILES string of the molecule is Cc1ccccc1N(C(N)=O)C1CC(c2ccccc2)CC(c2ccccc2)N(NC(=O)CC(C)(C)C)C1=O. The van der Waals surface area contributed by atoms with E-state index in [2.05, 4.69) is 5.43 Å².